The first-order chi connectivity index (χ1) is 19.3. The fraction of sp³-hybridized carbons (Fsp3) is 0.333. The summed E-state index contributed by atoms with van der Waals surface area (Å²) in [6, 6.07) is 13.7. The van der Waals surface area contributed by atoms with Crippen LogP contribution in [0, 0.1) is 5.41 Å². The van der Waals surface area contributed by atoms with E-state index in [1.807, 2.05) is 0 Å². The molecule has 0 aliphatic carbocycles. The number of thiocarbonyl (C=S) groups is 2. The molecule has 214 valence electrons. The molecule has 1 heterocycles. The normalized spacial score (nSPS) is 18.5. The number of likely N-dealkylation sites (tertiary alicyclic amines) is 1. The van der Waals surface area contributed by atoms with Gasteiger partial charge in [0.05, 0.1) is 24.2 Å². The molecule has 11 heteroatoms. The van der Waals surface area contributed by atoms with Crippen LogP contribution in [-0.2, 0) is 33.4 Å². The van der Waals surface area contributed by atoms with Gasteiger partial charge in [-0.25, -0.2) is 14.4 Å². The minimum absolute atomic E-state index is 0.0935. The number of carbonyl (C=O) groups excluding carboxylic acids is 4. The van der Waals surface area contributed by atoms with Crippen LogP contribution in [0.25, 0.3) is 0 Å². The smallest absolute Gasteiger partial charge is 0.328 e. The summed E-state index contributed by atoms with van der Waals surface area (Å²) in [4.78, 5) is 65.5. The second-order valence-corrected chi connectivity index (χ2v) is 11.2. The topological polar surface area (TPSA) is 127 Å². The van der Waals surface area contributed by atoms with Crippen LogP contribution in [0.15, 0.2) is 66.7 Å². The summed E-state index contributed by atoms with van der Waals surface area (Å²) in [5.74, 6) is -3.36. The van der Waals surface area contributed by atoms with Crippen molar-refractivity contribution in [3.63, 3.8) is 0 Å². The van der Waals surface area contributed by atoms with Crippen molar-refractivity contribution in [1.82, 2.24) is 4.90 Å². The maximum Gasteiger partial charge on any atom is 0.328 e. The molecule has 1 saturated heterocycles. The van der Waals surface area contributed by atoms with Gasteiger partial charge in [-0.1, -0.05) is 85.1 Å². The van der Waals surface area contributed by atoms with Crippen LogP contribution in [-0.4, -0.2) is 80.2 Å². The highest BCUT2D eigenvalue weighted by atomic mass is 32.1. The Labute approximate surface area is 248 Å². The third kappa shape index (κ3) is 6.39. The Morgan fingerprint density at radius 3 is 1.88 bits per heavy atom. The number of ether oxygens (including phenoxy) is 2. The molecule has 2 aromatic rings. The summed E-state index contributed by atoms with van der Waals surface area (Å²) in [5, 5.41) is 10.7. The van der Waals surface area contributed by atoms with E-state index in [4.69, 9.17) is 33.9 Å². The predicted molar refractivity (Wildman–Crippen MR) is 157 cm³/mol. The van der Waals surface area contributed by atoms with Crippen LogP contribution in [0.2, 0.25) is 0 Å². The molecule has 3 rings (SSSR count). The van der Waals surface area contributed by atoms with Gasteiger partial charge in [0.1, 0.15) is 18.0 Å². The largest absolute Gasteiger partial charge is 0.480 e. The number of methoxy groups -OCH3 is 1. The van der Waals surface area contributed by atoms with Crippen molar-refractivity contribution in [2.45, 2.75) is 51.0 Å². The van der Waals surface area contributed by atoms with Crippen LogP contribution in [0.4, 0.5) is 0 Å². The molecule has 2 aromatic carbocycles. The Morgan fingerprint density at radius 1 is 1.00 bits per heavy atom. The Morgan fingerprint density at radius 2 is 1.49 bits per heavy atom. The van der Waals surface area contributed by atoms with Gasteiger partial charge in [0.25, 0.3) is 5.91 Å². The van der Waals surface area contributed by atoms with Gasteiger partial charge in [0, 0.05) is 9.73 Å². The second-order valence-electron chi connectivity index (χ2n) is 10.4. The van der Waals surface area contributed by atoms with Crippen molar-refractivity contribution in [2.24, 2.45) is 5.41 Å². The standard InChI is InChI=1S/C30H29NO8S2/c1-29(2,3)39-22(21(33)15-16-32)26(34)31-20(28(37)38-4)17-30(23(31)27(35)36,24(40)18-11-7-5-8-12-18)25(41)19-13-9-6-10-14-19/h5-15,20,22-23H,17H2,1-4H3,(H,35,36). The zero-order chi connectivity index (χ0) is 30.5. The number of hydrogen-bond donors (Lipinski definition) is 1. The van der Waals surface area contributed by atoms with Gasteiger partial charge in [0.15, 0.2) is 6.10 Å². The van der Waals surface area contributed by atoms with E-state index in [9.17, 15) is 29.1 Å². The van der Waals surface area contributed by atoms with Gasteiger partial charge in [-0.15, -0.1) is 0 Å². The first kappa shape index (κ1) is 31.6. The lowest BCUT2D eigenvalue weighted by molar-refractivity contribution is -0.169. The molecule has 1 fully saturated rings. The summed E-state index contributed by atoms with van der Waals surface area (Å²) >= 11 is 11.9. The number of carboxylic acids is 1. The van der Waals surface area contributed by atoms with Gasteiger partial charge in [-0.3, -0.25) is 9.59 Å². The molecule has 1 aliphatic rings. The van der Waals surface area contributed by atoms with Gasteiger partial charge in [-0.05, 0) is 38.3 Å². The summed E-state index contributed by atoms with van der Waals surface area (Å²) in [7, 11) is 1.09. The minimum Gasteiger partial charge on any atom is -0.480 e. The molecule has 1 N–H and O–H groups in total. The van der Waals surface area contributed by atoms with Gasteiger partial charge in [-0.2, -0.15) is 0 Å². The first-order valence-corrected chi connectivity index (χ1v) is 13.4. The molecule has 3 atom stereocenters. The zero-order valence-corrected chi connectivity index (χ0v) is 24.5. The molecule has 1 aliphatic heterocycles. The molecule has 3 unspecified atom stereocenters. The van der Waals surface area contributed by atoms with Crippen molar-refractivity contribution in [1.29, 1.82) is 0 Å². The molecule has 1 amide bonds. The maximum atomic E-state index is 14.2. The van der Waals surface area contributed by atoms with Gasteiger partial charge < -0.3 is 19.5 Å². The lowest BCUT2D eigenvalue weighted by Crippen LogP contribution is -2.59. The van der Waals surface area contributed by atoms with E-state index in [1.54, 1.807) is 81.4 Å². The highest BCUT2D eigenvalue weighted by Gasteiger charge is 2.64. The van der Waals surface area contributed by atoms with Crippen molar-refractivity contribution < 1.29 is 38.6 Å². The zero-order valence-electron chi connectivity index (χ0n) is 22.9. The lowest BCUT2D eigenvalue weighted by atomic mass is 9.69. The van der Waals surface area contributed by atoms with Crippen molar-refractivity contribution in [3.8, 4) is 0 Å². The van der Waals surface area contributed by atoms with Crippen LogP contribution in [0.5, 0.6) is 0 Å². The van der Waals surface area contributed by atoms with E-state index in [2.05, 4.69) is 0 Å². The molecule has 0 radical (unpaired) electrons. The quantitative estimate of drug-likeness (QED) is 0.109. The fourth-order valence-corrected chi connectivity index (χ4v) is 5.89. The summed E-state index contributed by atoms with van der Waals surface area (Å²) in [6.07, 6.45) is -1.81. The summed E-state index contributed by atoms with van der Waals surface area (Å²) in [6.45, 7) is 4.71. The highest BCUT2D eigenvalue weighted by Crippen LogP contribution is 2.48. The van der Waals surface area contributed by atoms with Crippen LogP contribution in [0.1, 0.15) is 38.3 Å². The first-order valence-electron chi connectivity index (χ1n) is 12.5. The van der Waals surface area contributed by atoms with Gasteiger partial charge in [0.2, 0.25) is 5.78 Å². The van der Waals surface area contributed by atoms with E-state index in [-0.39, 0.29) is 16.1 Å². The monoisotopic (exact) mass is 595 g/mol. The molecule has 9 nitrogen and oxygen atoms in total. The lowest BCUT2D eigenvalue weighted by Gasteiger charge is -2.38. The molecule has 0 aromatic heterocycles. The predicted octanol–water partition coefficient (Wildman–Crippen LogP) is 3.18. The number of carbonyl (C=O) groups is 4. The number of esters is 1. The number of benzene rings is 2. The van der Waals surface area contributed by atoms with E-state index in [0.29, 0.717) is 17.2 Å². The average molecular weight is 596 g/mol. The third-order valence-electron chi connectivity index (χ3n) is 6.60. The number of hydrogen-bond acceptors (Lipinski definition) is 9. The van der Waals surface area contributed by atoms with E-state index >= 15 is 0 Å². The minimum atomic E-state index is -1.96. The Kier molecular flexibility index (Phi) is 9.83. The van der Waals surface area contributed by atoms with Gasteiger partial charge >= 0.3 is 11.9 Å². The Hall–Kier alpha value is -3.89. The molecule has 0 bridgehead atoms. The van der Waals surface area contributed by atoms with E-state index in [0.717, 1.165) is 12.0 Å². The summed E-state index contributed by atoms with van der Waals surface area (Å²) in [5.41, 5.74) is -1.93. The number of amides is 1. The number of ketones is 1. The number of carboxylic acid groups (broad SMARTS) is 1. The van der Waals surface area contributed by atoms with E-state index in [1.165, 1.54) is 5.94 Å². The molecule has 0 saturated carbocycles. The molecule has 41 heavy (non-hydrogen) atoms. The van der Waals surface area contributed by atoms with E-state index < -0.39 is 52.8 Å². The van der Waals surface area contributed by atoms with Crippen LogP contribution < -0.4 is 0 Å². The van der Waals surface area contributed by atoms with Crippen molar-refractivity contribution >= 4 is 63.7 Å². The Balaban J connectivity index is 2.35. The van der Waals surface area contributed by atoms with Crippen molar-refractivity contribution in [3.05, 3.63) is 77.9 Å². The molecular formula is C30H29NO8S2. The number of nitrogens with zero attached hydrogens (tertiary/aromatic N) is 1. The molecule has 0 spiro atoms. The average Bonchev–Trinajstić information content (AvgIpc) is 3.32. The number of aliphatic carboxylic acids is 1. The maximum absolute atomic E-state index is 14.2. The fourth-order valence-electron chi connectivity index (χ4n) is 4.96. The Bertz CT molecular complexity index is 1360. The van der Waals surface area contributed by atoms with Crippen LogP contribution in [0.3, 0.4) is 0 Å². The third-order valence-corrected chi connectivity index (χ3v) is 7.80. The van der Waals surface area contributed by atoms with Crippen LogP contribution >= 0.6 is 24.4 Å². The summed E-state index contributed by atoms with van der Waals surface area (Å²) < 4.78 is 10.7. The highest BCUT2D eigenvalue weighted by molar-refractivity contribution is 7.82. The number of rotatable bonds is 10. The second kappa shape index (κ2) is 12.7. The SMILES string of the molecule is COC(=O)C1CC(C(=S)c2ccccc2)(C(=S)c2ccccc2)C(C(=O)O)N1C(=O)C(OC(C)(C)C)C(=O)C=C=O. The molecular weight excluding hydrogens is 566 g/mol. The van der Waals surface area contributed by atoms with Crippen molar-refractivity contribution in [2.75, 3.05) is 7.11 Å².